The van der Waals surface area contributed by atoms with E-state index >= 15 is 0 Å². The molecule has 1 aliphatic carbocycles. The van der Waals surface area contributed by atoms with Crippen molar-refractivity contribution in [2.45, 2.75) is 64.0 Å². The third-order valence-electron chi connectivity index (χ3n) is 4.83. The van der Waals surface area contributed by atoms with Crippen LogP contribution in [0.4, 0.5) is 0 Å². The number of nitrogens with one attached hydrogen (secondary N) is 2. The van der Waals surface area contributed by atoms with E-state index in [2.05, 4.69) is 15.7 Å². The van der Waals surface area contributed by atoms with Crippen LogP contribution >= 0.6 is 0 Å². The number of nitrogens with zero attached hydrogens (tertiary/aromatic N) is 2. The van der Waals surface area contributed by atoms with Gasteiger partial charge >= 0.3 is 0 Å². The second-order valence-electron chi connectivity index (χ2n) is 8.48. The van der Waals surface area contributed by atoms with Crippen molar-refractivity contribution in [2.24, 2.45) is 0 Å². The first-order chi connectivity index (χ1) is 12.5. The van der Waals surface area contributed by atoms with E-state index in [1.165, 1.54) is 0 Å². The molecule has 2 N–H and O–H groups in total. The van der Waals surface area contributed by atoms with Crippen LogP contribution in [-0.2, 0) is 20.2 Å². The van der Waals surface area contributed by atoms with Crippen LogP contribution < -0.4 is 10.6 Å². The number of carbonyl (C=O) groups excluding carboxylic acids is 2. The van der Waals surface area contributed by atoms with Crippen molar-refractivity contribution in [1.82, 2.24) is 20.4 Å². The van der Waals surface area contributed by atoms with E-state index in [0.29, 0.717) is 18.0 Å². The van der Waals surface area contributed by atoms with Gasteiger partial charge in [-0.1, -0.05) is 0 Å². The quantitative estimate of drug-likeness (QED) is 0.744. The second kappa shape index (κ2) is 7.26. The van der Waals surface area contributed by atoms with Gasteiger partial charge in [0.1, 0.15) is 5.69 Å². The molecule has 150 valence electrons. The third kappa shape index (κ3) is 5.09. The summed E-state index contributed by atoms with van der Waals surface area (Å²) < 4.78 is 24.6. The molecule has 1 saturated carbocycles. The fourth-order valence-electron chi connectivity index (χ4n) is 3.24. The predicted molar refractivity (Wildman–Crippen MR) is 101 cm³/mol. The Morgan fingerprint density at radius 2 is 1.96 bits per heavy atom. The number of rotatable bonds is 6. The summed E-state index contributed by atoms with van der Waals surface area (Å²) in [7, 11) is -3.02. The Balaban J connectivity index is 1.53. The molecule has 1 aromatic rings. The van der Waals surface area contributed by atoms with Gasteiger partial charge in [-0.3, -0.25) is 14.3 Å². The fourth-order valence-corrected chi connectivity index (χ4v) is 4.91. The largest absolute Gasteiger partial charge is 0.352 e. The smallest absolute Gasteiger partial charge is 0.269 e. The molecule has 0 unspecified atom stereocenters. The van der Waals surface area contributed by atoms with Gasteiger partial charge in [0.15, 0.2) is 9.84 Å². The molecular weight excluding hydrogens is 368 g/mol. The van der Waals surface area contributed by atoms with Gasteiger partial charge in [-0.05, 0) is 46.1 Å². The lowest BCUT2D eigenvalue weighted by atomic mass is 10.1. The van der Waals surface area contributed by atoms with Gasteiger partial charge in [0, 0.05) is 24.9 Å². The lowest BCUT2D eigenvalue weighted by Gasteiger charge is -2.22. The monoisotopic (exact) mass is 396 g/mol. The molecule has 2 amide bonds. The topological polar surface area (TPSA) is 110 Å². The first kappa shape index (κ1) is 19.9. The SMILES string of the molecule is CC(C)(C)n1nc(C2CC2)cc1C(=O)NCCC(=O)N[C@H]1CCS(=O)(=O)C1. The number of amides is 2. The highest BCUT2D eigenvalue weighted by atomic mass is 32.2. The second-order valence-corrected chi connectivity index (χ2v) is 10.7. The Labute approximate surface area is 160 Å². The lowest BCUT2D eigenvalue weighted by molar-refractivity contribution is -0.121. The van der Waals surface area contributed by atoms with Gasteiger partial charge in [-0.25, -0.2) is 8.42 Å². The Kier molecular flexibility index (Phi) is 5.33. The average molecular weight is 397 g/mol. The highest BCUT2D eigenvalue weighted by Gasteiger charge is 2.31. The molecule has 1 aliphatic heterocycles. The average Bonchev–Trinajstić information content (AvgIpc) is 3.19. The number of hydrogen-bond acceptors (Lipinski definition) is 5. The summed E-state index contributed by atoms with van der Waals surface area (Å²) in [6.07, 6.45) is 2.79. The van der Waals surface area contributed by atoms with Crippen LogP contribution in [0, 0.1) is 0 Å². The molecule has 9 heteroatoms. The third-order valence-corrected chi connectivity index (χ3v) is 6.60. The number of hydrogen-bond donors (Lipinski definition) is 2. The van der Waals surface area contributed by atoms with Crippen LogP contribution in [0.3, 0.4) is 0 Å². The Bertz CT molecular complexity index is 834. The molecule has 0 spiro atoms. The summed E-state index contributed by atoms with van der Waals surface area (Å²) in [5.74, 6) is 0.0730. The first-order valence-corrected chi connectivity index (χ1v) is 11.3. The van der Waals surface area contributed by atoms with Gasteiger partial charge in [-0.15, -0.1) is 0 Å². The summed E-state index contributed by atoms with van der Waals surface area (Å²) in [6, 6.07) is 1.53. The predicted octanol–water partition coefficient (Wildman–Crippen LogP) is 0.939. The van der Waals surface area contributed by atoms with Crippen LogP contribution in [0.1, 0.15) is 68.6 Å². The Morgan fingerprint density at radius 3 is 2.52 bits per heavy atom. The standard InChI is InChI=1S/C18H28N4O4S/c1-18(2,3)22-15(10-14(21-22)12-4-5-12)17(24)19-8-6-16(23)20-13-7-9-27(25,26)11-13/h10,12-13H,4-9,11H2,1-3H3,(H,19,24)(H,20,23)/t13-/m0/s1. The molecule has 27 heavy (non-hydrogen) atoms. The van der Waals surface area contributed by atoms with E-state index in [0.717, 1.165) is 18.5 Å². The summed E-state index contributed by atoms with van der Waals surface area (Å²) in [5.41, 5.74) is 1.15. The molecule has 3 rings (SSSR count). The van der Waals surface area contributed by atoms with Gasteiger partial charge < -0.3 is 10.6 Å². The maximum absolute atomic E-state index is 12.6. The summed E-state index contributed by atoms with van der Waals surface area (Å²) in [6.45, 7) is 6.18. The molecule has 2 aliphatic rings. The van der Waals surface area contributed by atoms with Crippen molar-refractivity contribution < 1.29 is 18.0 Å². The minimum Gasteiger partial charge on any atom is -0.352 e. The molecule has 2 heterocycles. The highest BCUT2D eigenvalue weighted by Crippen LogP contribution is 2.40. The minimum absolute atomic E-state index is 0.000188. The van der Waals surface area contributed by atoms with Crippen molar-refractivity contribution in [3.05, 3.63) is 17.5 Å². The van der Waals surface area contributed by atoms with Crippen molar-refractivity contribution in [3.63, 3.8) is 0 Å². The molecular formula is C18H28N4O4S. The van der Waals surface area contributed by atoms with E-state index in [1.807, 2.05) is 26.8 Å². The molecule has 2 fully saturated rings. The maximum atomic E-state index is 12.6. The molecule has 0 bridgehead atoms. The fraction of sp³-hybridized carbons (Fsp3) is 0.722. The first-order valence-electron chi connectivity index (χ1n) is 9.43. The van der Waals surface area contributed by atoms with E-state index in [-0.39, 0.29) is 47.9 Å². The number of aromatic nitrogens is 2. The molecule has 1 aromatic heterocycles. The van der Waals surface area contributed by atoms with Gasteiger partial charge in [-0.2, -0.15) is 5.10 Å². The lowest BCUT2D eigenvalue weighted by Crippen LogP contribution is -2.38. The Hall–Kier alpha value is -1.90. The zero-order valence-electron chi connectivity index (χ0n) is 16.1. The van der Waals surface area contributed by atoms with Crippen LogP contribution in [0.5, 0.6) is 0 Å². The minimum atomic E-state index is -3.02. The van der Waals surface area contributed by atoms with Crippen LogP contribution in [0.15, 0.2) is 6.07 Å². The molecule has 0 aromatic carbocycles. The van der Waals surface area contributed by atoms with Gasteiger partial charge in [0.25, 0.3) is 5.91 Å². The normalized spacial score (nSPS) is 21.8. The van der Waals surface area contributed by atoms with Crippen LogP contribution in [0.2, 0.25) is 0 Å². The number of carbonyl (C=O) groups is 2. The zero-order chi connectivity index (χ0) is 19.8. The van der Waals surface area contributed by atoms with Crippen LogP contribution in [0.25, 0.3) is 0 Å². The maximum Gasteiger partial charge on any atom is 0.269 e. The van der Waals surface area contributed by atoms with Crippen molar-refractivity contribution >= 4 is 21.7 Å². The molecule has 8 nitrogen and oxygen atoms in total. The number of sulfone groups is 1. The molecule has 1 saturated heterocycles. The summed E-state index contributed by atoms with van der Waals surface area (Å²) in [5, 5.41) is 10.1. The zero-order valence-corrected chi connectivity index (χ0v) is 16.9. The highest BCUT2D eigenvalue weighted by molar-refractivity contribution is 7.91. The van der Waals surface area contributed by atoms with Gasteiger partial charge in [0.05, 0.1) is 22.7 Å². The van der Waals surface area contributed by atoms with E-state index in [4.69, 9.17) is 0 Å². The Morgan fingerprint density at radius 1 is 1.26 bits per heavy atom. The van der Waals surface area contributed by atoms with Gasteiger partial charge in [0.2, 0.25) is 5.91 Å². The summed E-state index contributed by atoms with van der Waals surface area (Å²) in [4.78, 5) is 24.6. The van der Waals surface area contributed by atoms with E-state index in [1.54, 1.807) is 4.68 Å². The molecule has 0 radical (unpaired) electrons. The van der Waals surface area contributed by atoms with Crippen molar-refractivity contribution in [3.8, 4) is 0 Å². The molecule has 1 atom stereocenters. The van der Waals surface area contributed by atoms with Crippen molar-refractivity contribution in [2.75, 3.05) is 18.1 Å². The van der Waals surface area contributed by atoms with E-state index in [9.17, 15) is 18.0 Å². The van der Waals surface area contributed by atoms with E-state index < -0.39 is 9.84 Å². The summed E-state index contributed by atoms with van der Waals surface area (Å²) >= 11 is 0. The van der Waals surface area contributed by atoms with Crippen LogP contribution in [-0.4, -0.2) is 54.1 Å². The van der Waals surface area contributed by atoms with Crippen molar-refractivity contribution in [1.29, 1.82) is 0 Å².